The Bertz CT molecular complexity index is 341. The van der Waals surface area contributed by atoms with E-state index in [4.69, 9.17) is 0 Å². The topological polar surface area (TPSA) is 20.2 Å². The molecule has 1 rings (SSSR count). The first kappa shape index (κ1) is 11.8. The molecule has 0 heterocycles. The zero-order valence-electron chi connectivity index (χ0n) is 8.12. The molecule has 0 aliphatic rings. The summed E-state index contributed by atoms with van der Waals surface area (Å²) in [6.07, 6.45) is -4.79. The van der Waals surface area contributed by atoms with E-state index in [0.717, 1.165) is 13.0 Å². The van der Waals surface area contributed by atoms with E-state index in [1.165, 1.54) is 0 Å². The van der Waals surface area contributed by atoms with Crippen LogP contribution in [0.15, 0.2) is 42.0 Å². The minimum atomic E-state index is -4.38. The summed E-state index contributed by atoms with van der Waals surface area (Å²) < 4.78 is 36.4. The maximum Gasteiger partial charge on any atom is 0.412 e. The Morgan fingerprint density at radius 3 is 2.27 bits per heavy atom. The molecule has 4 heteroatoms. The Hall–Kier alpha value is -1.29. The fourth-order valence-corrected chi connectivity index (χ4v) is 1.08. The van der Waals surface area contributed by atoms with Crippen LogP contribution in [0.4, 0.5) is 13.2 Å². The summed E-state index contributed by atoms with van der Waals surface area (Å²) in [5, 5.41) is 9.48. The highest BCUT2D eigenvalue weighted by molar-refractivity contribution is 5.23. The van der Waals surface area contributed by atoms with Gasteiger partial charge in [-0.05, 0) is 18.6 Å². The van der Waals surface area contributed by atoms with Gasteiger partial charge in [-0.2, -0.15) is 13.2 Å². The lowest BCUT2D eigenvalue weighted by Crippen LogP contribution is -2.10. The van der Waals surface area contributed by atoms with Crippen LogP contribution in [0.25, 0.3) is 0 Å². The minimum absolute atomic E-state index is 0.445. The number of alkyl halides is 3. The number of hydrogen-bond acceptors (Lipinski definition) is 1. The number of halogens is 3. The van der Waals surface area contributed by atoms with Crippen molar-refractivity contribution in [3.05, 3.63) is 47.5 Å². The van der Waals surface area contributed by atoms with E-state index in [2.05, 4.69) is 0 Å². The predicted molar refractivity (Wildman–Crippen MR) is 51.2 cm³/mol. The van der Waals surface area contributed by atoms with Crippen LogP contribution < -0.4 is 0 Å². The lowest BCUT2D eigenvalue weighted by atomic mass is 10.1. The number of rotatable bonds is 2. The third kappa shape index (κ3) is 3.40. The zero-order valence-corrected chi connectivity index (χ0v) is 8.12. The second-order valence-corrected chi connectivity index (χ2v) is 3.20. The van der Waals surface area contributed by atoms with Crippen LogP contribution in [0.3, 0.4) is 0 Å². The molecule has 0 amide bonds. The first-order valence-electron chi connectivity index (χ1n) is 4.40. The van der Waals surface area contributed by atoms with Crippen molar-refractivity contribution in [2.75, 3.05) is 0 Å². The fourth-order valence-electron chi connectivity index (χ4n) is 1.08. The SMILES string of the molecule is C/C(=C\[C@H](O)c1ccccc1)C(F)(F)F. The van der Waals surface area contributed by atoms with E-state index in [1.54, 1.807) is 30.3 Å². The van der Waals surface area contributed by atoms with Gasteiger partial charge < -0.3 is 5.11 Å². The highest BCUT2D eigenvalue weighted by atomic mass is 19.4. The van der Waals surface area contributed by atoms with Crippen LogP contribution in [-0.4, -0.2) is 11.3 Å². The van der Waals surface area contributed by atoms with E-state index < -0.39 is 17.9 Å². The molecule has 0 radical (unpaired) electrons. The summed E-state index contributed by atoms with van der Waals surface area (Å²) in [6.45, 7) is 0.937. The number of aliphatic hydroxyl groups excluding tert-OH is 1. The Morgan fingerprint density at radius 1 is 1.27 bits per heavy atom. The van der Waals surface area contributed by atoms with Crippen LogP contribution in [0.5, 0.6) is 0 Å². The molecule has 1 aromatic rings. The monoisotopic (exact) mass is 216 g/mol. The molecule has 0 saturated carbocycles. The quantitative estimate of drug-likeness (QED) is 0.752. The maximum absolute atomic E-state index is 12.1. The van der Waals surface area contributed by atoms with Gasteiger partial charge in [-0.3, -0.25) is 0 Å². The Labute approximate surface area is 85.9 Å². The Morgan fingerprint density at radius 2 is 1.80 bits per heavy atom. The predicted octanol–water partition coefficient (Wildman–Crippen LogP) is 3.23. The molecule has 1 aromatic carbocycles. The van der Waals surface area contributed by atoms with Crippen molar-refractivity contribution >= 4 is 0 Å². The lowest BCUT2D eigenvalue weighted by Gasteiger charge is -2.10. The fraction of sp³-hybridized carbons (Fsp3) is 0.273. The number of benzene rings is 1. The van der Waals surface area contributed by atoms with Gasteiger partial charge in [0.05, 0.1) is 6.10 Å². The molecular formula is C11H11F3O. The van der Waals surface area contributed by atoms with Gasteiger partial charge in [-0.15, -0.1) is 0 Å². The number of aliphatic hydroxyl groups is 1. The molecule has 0 bridgehead atoms. The molecule has 15 heavy (non-hydrogen) atoms. The average Bonchev–Trinajstić information content (AvgIpc) is 2.17. The lowest BCUT2D eigenvalue weighted by molar-refractivity contribution is -0.0922. The molecule has 0 saturated heterocycles. The van der Waals surface area contributed by atoms with Crippen molar-refractivity contribution in [2.45, 2.75) is 19.2 Å². The van der Waals surface area contributed by atoms with Crippen molar-refractivity contribution in [2.24, 2.45) is 0 Å². The summed E-state index contributed by atoms with van der Waals surface area (Å²) in [7, 11) is 0. The van der Waals surface area contributed by atoms with Gasteiger partial charge >= 0.3 is 6.18 Å². The van der Waals surface area contributed by atoms with Crippen LogP contribution >= 0.6 is 0 Å². The first-order valence-corrected chi connectivity index (χ1v) is 4.40. The summed E-state index contributed by atoms with van der Waals surface area (Å²) in [5.74, 6) is 0. The van der Waals surface area contributed by atoms with E-state index in [9.17, 15) is 18.3 Å². The summed E-state index contributed by atoms with van der Waals surface area (Å²) in [5.41, 5.74) is -0.347. The van der Waals surface area contributed by atoms with Gasteiger partial charge in [-0.1, -0.05) is 30.3 Å². The molecule has 0 unspecified atom stereocenters. The molecule has 0 spiro atoms. The van der Waals surface area contributed by atoms with Crippen LogP contribution in [0, 0.1) is 0 Å². The molecule has 1 nitrogen and oxygen atoms in total. The molecule has 82 valence electrons. The van der Waals surface area contributed by atoms with Gasteiger partial charge in [0, 0.05) is 5.57 Å². The van der Waals surface area contributed by atoms with Gasteiger partial charge in [0.15, 0.2) is 0 Å². The van der Waals surface area contributed by atoms with E-state index in [-0.39, 0.29) is 0 Å². The summed E-state index contributed by atoms with van der Waals surface area (Å²) >= 11 is 0. The maximum atomic E-state index is 12.1. The summed E-state index contributed by atoms with van der Waals surface area (Å²) in [6, 6.07) is 8.21. The third-order valence-corrected chi connectivity index (χ3v) is 2.00. The Balaban J connectivity index is 2.84. The normalized spacial score (nSPS) is 15.1. The Kier molecular flexibility index (Phi) is 3.52. The van der Waals surface area contributed by atoms with Crippen LogP contribution in [0.2, 0.25) is 0 Å². The smallest absolute Gasteiger partial charge is 0.384 e. The van der Waals surface area contributed by atoms with Crippen LogP contribution in [-0.2, 0) is 0 Å². The number of allylic oxidation sites excluding steroid dienone is 1. The zero-order chi connectivity index (χ0) is 11.5. The van der Waals surface area contributed by atoms with Gasteiger partial charge in [0.2, 0.25) is 0 Å². The molecule has 1 N–H and O–H groups in total. The first-order chi connectivity index (χ1) is 6.91. The van der Waals surface area contributed by atoms with Gasteiger partial charge in [-0.25, -0.2) is 0 Å². The molecule has 0 aromatic heterocycles. The third-order valence-electron chi connectivity index (χ3n) is 2.00. The van der Waals surface area contributed by atoms with Crippen molar-refractivity contribution in [3.8, 4) is 0 Å². The molecule has 1 atom stereocenters. The van der Waals surface area contributed by atoms with Crippen molar-refractivity contribution in [3.63, 3.8) is 0 Å². The van der Waals surface area contributed by atoms with Crippen molar-refractivity contribution in [1.82, 2.24) is 0 Å². The second kappa shape index (κ2) is 4.49. The molecule has 0 aliphatic carbocycles. The van der Waals surface area contributed by atoms with Crippen molar-refractivity contribution < 1.29 is 18.3 Å². The molecule has 0 aliphatic heterocycles. The van der Waals surface area contributed by atoms with Crippen molar-refractivity contribution in [1.29, 1.82) is 0 Å². The minimum Gasteiger partial charge on any atom is -0.384 e. The van der Waals surface area contributed by atoms with E-state index in [1.807, 2.05) is 0 Å². The van der Waals surface area contributed by atoms with E-state index >= 15 is 0 Å². The average molecular weight is 216 g/mol. The second-order valence-electron chi connectivity index (χ2n) is 3.20. The van der Waals surface area contributed by atoms with Gasteiger partial charge in [0.25, 0.3) is 0 Å². The molecular weight excluding hydrogens is 205 g/mol. The standard InChI is InChI=1S/C11H11F3O/c1-8(11(12,13)14)7-10(15)9-5-3-2-4-6-9/h2-7,10,15H,1H3/b8-7+/t10-/m0/s1. The number of hydrogen-bond donors (Lipinski definition) is 1. The van der Waals surface area contributed by atoms with E-state index in [0.29, 0.717) is 5.56 Å². The summed E-state index contributed by atoms with van der Waals surface area (Å²) in [4.78, 5) is 0. The highest BCUT2D eigenvalue weighted by Crippen LogP contribution is 2.27. The van der Waals surface area contributed by atoms with Gasteiger partial charge in [0.1, 0.15) is 0 Å². The van der Waals surface area contributed by atoms with Crippen LogP contribution in [0.1, 0.15) is 18.6 Å². The largest absolute Gasteiger partial charge is 0.412 e. The molecule has 0 fully saturated rings. The highest BCUT2D eigenvalue weighted by Gasteiger charge is 2.30.